The Morgan fingerprint density at radius 1 is 1.22 bits per heavy atom. The first-order valence-corrected chi connectivity index (χ1v) is 9.73. The monoisotopic (exact) mass is 352 g/mol. The summed E-state index contributed by atoms with van der Waals surface area (Å²) >= 11 is -3.65. The molecule has 0 spiro atoms. The second-order valence-electron chi connectivity index (χ2n) is 1.17. The third kappa shape index (κ3) is 5.13. The summed E-state index contributed by atoms with van der Waals surface area (Å²) in [6.45, 7) is 6.81. The average Bonchev–Trinajstić information content (AvgIpc) is 1.68. The molecule has 0 rings (SSSR count). The van der Waals surface area contributed by atoms with Crippen molar-refractivity contribution < 1.29 is 14.3 Å². The fraction of sp³-hybridized carbons (Fsp3) is 0. The maximum absolute atomic E-state index is 5.67. The number of rotatable bonds is 2. The van der Waals surface area contributed by atoms with Crippen molar-refractivity contribution in [1.29, 1.82) is 0 Å². The van der Waals surface area contributed by atoms with E-state index in [0.717, 1.165) is 0 Å². The molecule has 0 amide bonds. The molecule has 0 aromatic heterocycles. The van der Waals surface area contributed by atoms with Crippen LogP contribution in [-0.4, -0.2) is 0 Å². The van der Waals surface area contributed by atoms with E-state index < -0.39 is 14.3 Å². The van der Waals surface area contributed by atoms with Gasteiger partial charge in [-0.2, -0.15) is 0 Å². The van der Waals surface area contributed by atoms with Crippen molar-refractivity contribution in [2.45, 2.75) is 0 Å². The number of hydrogen-bond donors (Lipinski definition) is 2. The molecule has 0 atom stereocenters. The predicted octanol–water partition coefficient (Wildman–Crippen LogP) is 1.29. The Kier molecular flexibility index (Phi) is 4.36. The van der Waals surface area contributed by atoms with Crippen LogP contribution in [0.4, 0.5) is 0 Å². The number of halogens is 2. The van der Waals surface area contributed by atoms with Gasteiger partial charge in [0.15, 0.2) is 0 Å². The molecule has 4 N–H and O–H groups in total. The van der Waals surface area contributed by atoms with Crippen LogP contribution in [0.15, 0.2) is 22.1 Å². The molecule has 0 aliphatic rings. The minimum Gasteiger partial charge on any atom is -0.147 e. The van der Waals surface area contributed by atoms with E-state index in [1.807, 2.05) is 0 Å². The Bertz CT molecular complexity index is 114. The maximum atomic E-state index is 5.67. The topological polar surface area (TPSA) is 52.0 Å². The zero-order chi connectivity index (χ0) is 6.86. The summed E-state index contributed by atoms with van der Waals surface area (Å²) in [7, 11) is 5.67. The molecular formula is C4H11Cl2N2Pt. The summed E-state index contributed by atoms with van der Waals surface area (Å²) in [5.41, 5.74) is 0. The van der Waals surface area contributed by atoms with Gasteiger partial charge >= 0.3 is 54.4 Å². The van der Waals surface area contributed by atoms with Crippen LogP contribution in [-0.2, 0) is 14.3 Å². The van der Waals surface area contributed by atoms with Crippen molar-refractivity contribution in [2.75, 3.05) is 0 Å². The minimum atomic E-state index is -3.65. The zero-order valence-electron chi connectivity index (χ0n) is 4.83. The smallest absolute Gasteiger partial charge is 0.147 e. The van der Waals surface area contributed by atoms with E-state index in [0.29, 0.717) is 0 Å². The molecular weight excluding hydrogens is 342 g/mol. The van der Waals surface area contributed by atoms with Crippen LogP contribution >= 0.6 is 21.8 Å². The molecule has 0 aliphatic carbocycles. The summed E-state index contributed by atoms with van der Waals surface area (Å²) in [4.78, 5) is 0. The van der Waals surface area contributed by atoms with Crippen LogP contribution in [0, 0.1) is 0 Å². The largest absolute Gasteiger partial charge is 0.147 e. The Balaban J connectivity index is 0. The van der Waals surface area contributed by atoms with E-state index in [1.165, 1.54) is 8.93 Å². The molecule has 61 valence electrons. The molecule has 0 aromatic rings. The van der Waals surface area contributed by atoms with Crippen molar-refractivity contribution in [3.05, 3.63) is 22.1 Å². The quantitative estimate of drug-likeness (QED) is 0.786. The Morgan fingerprint density at radius 3 is 1.44 bits per heavy atom. The SMILES string of the molecule is C=[CH][Pt]([NH2])([NH2])([Cl])[CH]=C.Cl. The average molecular weight is 353 g/mol. The molecule has 0 saturated heterocycles. The molecule has 0 saturated carbocycles. The van der Waals surface area contributed by atoms with Crippen molar-refractivity contribution >= 4 is 21.8 Å². The van der Waals surface area contributed by atoms with Gasteiger partial charge in [0.2, 0.25) is 0 Å². The van der Waals surface area contributed by atoms with Crippen LogP contribution in [0.1, 0.15) is 0 Å². The number of nitrogens with two attached hydrogens (primary N) is 2. The first-order valence-electron chi connectivity index (χ1n) is 1.67. The Labute approximate surface area is 66.7 Å². The molecule has 0 bridgehead atoms. The fourth-order valence-electron chi connectivity index (χ4n) is 0.0527. The third-order valence-corrected chi connectivity index (χ3v) is 6.06. The van der Waals surface area contributed by atoms with Crippen LogP contribution in [0.25, 0.3) is 0 Å². The van der Waals surface area contributed by atoms with Gasteiger partial charge in [0.05, 0.1) is 0 Å². The van der Waals surface area contributed by atoms with Gasteiger partial charge in [-0.1, -0.05) is 0 Å². The first-order chi connectivity index (χ1) is 3.39. The molecule has 9 heavy (non-hydrogen) atoms. The van der Waals surface area contributed by atoms with E-state index in [-0.39, 0.29) is 12.4 Å². The van der Waals surface area contributed by atoms with Gasteiger partial charge in [-0.25, -0.2) is 0 Å². The second-order valence-corrected chi connectivity index (χ2v) is 14.1. The maximum Gasteiger partial charge on any atom is -0.147 e. The molecule has 0 fully saturated rings. The summed E-state index contributed by atoms with van der Waals surface area (Å²) in [5.74, 6) is 0. The van der Waals surface area contributed by atoms with E-state index in [4.69, 9.17) is 18.0 Å². The predicted molar refractivity (Wildman–Crippen MR) is 41.9 cm³/mol. The third-order valence-electron chi connectivity index (χ3n) is 0.545. The van der Waals surface area contributed by atoms with Crippen molar-refractivity contribution in [3.8, 4) is 0 Å². The molecule has 0 unspecified atom stereocenters. The van der Waals surface area contributed by atoms with E-state index in [9.17, 15) is 0 Å². The van der Waals surface area contributed by atoms with Crippen LogP contribution in [0.3, 0.4) is 0 Å². The standard InChI is InChI=1S/2C2H3.2ClH.2H2N.Pt/c2*1-2;;;;;/h2*1H,2H2;2*1H;2*1H2;/q;;;;2*-1;+3/p-1. The summed E-state index contributed by atoms with van der Waals surface area (Å²) < 4.78 is 13.7. The van der Waals surface area contributed by atoms with Gasteiger partial charge in [0.25, 0.3) is 0 Å². The van der Waals surface area contributed by atoms with Gasteiger partial charge in [0.1, 0.15) is 0 Å². The first kappa shape index (κ1) is 12.4. The summed E-state index contributed by atoms with van der Waals surface area (Å²) in [6, 6.07) is 0. The molecule has 0 radical (unpaired) electrons. The molecule has 2 nitrogen and oxygen atoms in total. The summed E-state index contributed by atoms with van der Waals surface area (Å²) in [5, 5.41) is 0. The van der Waals surface area contributed by atoms with Crippen molar-refractivity contribution in [3.63, 3.8) is 0 Å². The van der Waals surface area contributed by atoms with Gasteiger partial charge in [-0.15, -0.1) is 12.4 Å². The molecule has 0 aromatic carbocycles. The zero-order valence-corrected chi connectivity index (χ0v) is 8.67. The van der Waals surface area contributed by atoms with Crippen LogP contribution in [0.2, 0.25) is 0 Å². The molecule has 5 heteroatoms. The normalized spacial score (nSPS) is 14.3. The molecule has 0 aliphatic heterocycles. The molecule has 0 heterocycles. The van der Waals surface area contributed by atoms with E-state index >= 15 is 0 Å². The van der Waals surface area contributed by atoms with Crippen LogP contribution in [0.5, 0.6) is 0 Å². The fourth-order valence-corrected chi connectivity index (χ4v) is 0.431. The Morgan fingerprint density at radius 2 is 1.44 bits per heavy atom. The Hall–Kier alpha value is 0.668. The van der Waals surface area contributed by atoms with Crippen molar-refractivity contribution in [1.82, 2.24) is 0 Å². The van der Waals surface area contributed by atoms with Gasteiger partial charge in [0, 0.05) is 0 Å². The van der Waals surface area contributed by atoms with Crippen LogP contribution < -0.4 is 8.58 Å². The second kappa shape index (κ2) is 3.18. The van der Waals surface area contributed by atoms with Gasteiger partial charge in [-0.05, 0) is 0 Å². The van der Waals surface area contributed by atoms with Crippen molar-refractivity contribution in [2.24, 2.45) is 8.58 Å². The van der Waals surface area contributed by atoms with Gasteiger partial charge in [-0.3, -0.25) is 0 Å². The van der Waals surface area contributed by atoms with E-state index in [1.54, 1.807) is 0 Å². The number of hydrogen-bond acceptors (Lipinski definition) is 2. The minimum absolute atomic E-state index is 0. The summed E-state index contributed by atoms with van der Waals surface area (Å²) in [6.07, 6.45) is 0. The van der Waals surface area contributed by atoms with E-state index in [2.05, 4.69) is 13.2 Å². The van der Waals surface area contributed by atoms with Gasteiger partial charge < -0.3 is 0 Å².